The Labute approximate surface area is 188 Å². The van der Waals surface area contributed by atoms with Crippen LogP contribution in [-0.2, 0) is 4.74 Å². The van der Waals surface area contributed by atoms with Gasteiger partial charge in [-0.05, 0) is 31.2 Å². The zero-order chi connectivity index (χ0) is 21.7. The fraction of sp³-hybridized carbons (Fsp3) is 0.211. The molecule has 3 rings (SSSR count). The van der Waals surface area contributed by atoms with Crippen molar-refractivity contribution < 1.29 is 9.53 Å². The normalized spacial score (nSPS) is 11.1. The second kappa shape index (κ2) is 9.42. The van der Waals surface area contributed by atoms with Crippen LogP contribution in [0.1, 0.15) is 5.69 Å². The summed E-state index contributed by atoms with van der Waals surface area (Å²) >= 11 is 16.7. The van der Waals surface area contributed by atoms with Crippen molar-refractivity contribution in [3.63, 3.8) is 0 Å². The third-order valence-electron chi connectivity index (χ3n) is 3.91. The lowest BCUT2D eigenvalue weighted by Gasteiger charge is -2.13. The van der Waals surface area contributed by atoms with Crippen LogP contribution in [-0.4, -0.2) is 43.5 Å². The Balaban J connectivity index is 1.85. The maximum absolute atomic E-state index is 11.9. The number of aryl methyl sites for hydroxylation is 1. The van der Waals surface area contributed by atoms with Crippen molar-refractivity contribution in [3.05, 3.63) is 48.5 Å². The highest BCUT2D eigenvalue weighted by Gasteiger charge is 2.22. The van der Waals surface area contributed by atoms with Gasteiger partial charge in [0, 0.05) is 36.3 Å². The number of rotatable bonds is 5. The molecule has 156 valence electrons. The summed E-state index contributed by atoms with van der Waals surface area (Å²) in [6, 6.07) is 7.24. The van der Waals surface area contributed by atoms with E-state index >= 15 is 0 Å². The Morgan fingerprint density at radius 2 is 1.90 bits per heavy atom. The topological polar surface area (TPSA) is 102 Å². The first-order valence-corrected chi connectivity index (χ1v) is 9.83. The first-order chi connectivity index (χ1) is 14.2. The molecule has 0 spiro atoms. The molecule has 11 heteroatoms. The van der Waals surface area contributed by atoms with E-state index in [2.05, 4.69) is 30.6 Å². The van der Waals surface area contributed by atoms with Crippen LogP contribution in [0.2, 0.25) is 0 Å². The van der Waals surface area contributed by atoms with Gasteiger partial charge in [0.2, 0.25) is 3.79 Å². The molecule has 0 radical (unpaired) electrons. The van der Waals surface area contributed by atoms with Gasteiger partial charge in [-0.15, -0.1) is 0 Å². The van der Waals surface area contributed by atoms with Crippen LogP contribution in [0.25, 0.3) is 22.6 Å². The molecule has 0 aliphatic rings. The molecule has 3 aromatic rings. The van der Waals surface area contributed by atoms with E-state index in [0.717, 1.165) is 17.1 Å². The highest BCUT2D eigenvalue weighted by molar-refractivity contribution is 6.67. The fourth-order valence-electron chi connectivity index (χ4n) is 2.50. The number of pyridine rings is 2. The highest BCUT2D eigenvalue weighted by atomic mass is 35.6. The lowest BCUT2D eigenvalue weighted by Crippen LogP contribution is -2.21. The third kappa shape index (κ3) is 5.91. The van der Waals surface area contributed by atoms with E-state index in [-0.39, 0.29) is 6.61 Å². The lowest BCUT2D eigenvalue weighted by molar-refractivity contribution is 0.164. The molecule has 0 aliphatic carbocycles. The predicted octanol–water partition coefficient (Wildman–Crippen LogP) is 4.87. The van der Waals surface area contributed by atoms with E-state index in [1.54, 1.807) is 31.6 Å². The number of alkyl halides is 3. The smallest absolute Gasteiger partial charge is 0.411 e. The number of hydrogen-bond donors (Lipinski definition) is 2. The van der Waals surface area contributed by atoms with Gasteiger partial charge in [0.25, 0.3) is 0 Å². The van der Waals surface area contributed by atoms with E-state index in [1.165, 1.54) is 6.20 Å². The van der Waals surface area contributed by atoms with Crippen molar-refractivity contribution in [2.24, 2.45) is 0 Å². The average Bonchev–Trinajstić information content (AvgIpc) is 2.73. The molecule has 0 bridgehead atoms. The number of carbonyl (C=O) groups excluding carboxylic acids is 1. The average molecular weight is 468 g/mol. The van der Waals surface area contributed by atoms with Crippen molar-refractivity contribution in [3.8, 4) is 22.6 Å². The van der Waals surface area contributed by atoms with Crippen molar-refractivity contribution in [1.29, 1.82) is 0 Å². The number of amides is 1. The maximum atomic E-state index is 11.9. The Morgan fingerprint density at radius 1 is 1.13 bits per heavy atom. The number of aromatic nitrogens is 4. The van der Waals surface area contributed by atoms with Crippen LogP contribution in [0.5, 0.6) is 0 Å². The van der Waals surface area contributed by atoms with Gasteiger partial charge in [0.15, 0.2) is 5.82 Å². The van der Waals surface area contributed by atoms with Gasteiger partial charge in [-0.3, -0.25) is 10.3 Å². The number of nitrogens with zero attached hydrogens (tertiary/aromatic N) is 4. The summed E-state index contributed by atoms with van der Waals surface area (Å²) in [5.74, 6) is 1.18. The Morgan fingerprint density at radius 3 is 2.63 bits per heavy atom. The van der Waals surface area contributed by atoms with Crippen LogP contribution >= 0.6 is 34.8 Å². The molecule has 0 saturated heterocycles. The molecular formula is C19H17Cl3N6O2. The van der Waals surface area contributed by atoms with Crippen molar-refractivity contribution >= 4 is 52.4 Å². The van der Waals surface area contributed by atoms with Crippen LogP contribution < -0.4 is 10.6 Å². The molecule has 0 atom stereocenters. The van der Waals surface area contributed by atoms with Crippen molar-refractivity contribution in [2.75, 3.05) is 24.3 Å². The molecule has 0 saturated carbocycles. The predicted molar refractivity (Wildman–Crippen MR) is 118 cm³/mol. The molecule has 0 fully saturated rings. The molecule has 0 unspecified atom stereocenters. The second-order valence-corrected chi connectivity index (χ2v) is 8.63. The number of halogens is 3. The molecule has 2 N–H and O–H groups in total. The Bertz CT molecular complexity index is 1060. The summed E-state index contributed by atoms with van der Waals surface area (Å²) in [5.41, 5.74) is 3.34. The largest absolute Gasteiger partial charge is 0.445 e. The summed E-state index contributed by atoms with van der Waals surface area (Å²) in [6.45, 7) is 1.43. The molecule has 1 amide bonds. The first-order valence-electron chi connectivity index (χ1n) is 8.70. The second-order valence-electron chi connectivity index (χ2n) is 6.12. The minimum absolute atomic E-state index is 0.388. The van der Waals surface area contributed by atoms with Crippen molar-refractivity contribution in [1.82, 2.24) is 19.9 Å². The Hall–Kier alpha value is -2.68. The third-order valence-corrected chi connectivity index (χ3v) is 4.24. The standard InChI is InChI=1S/C19H17Cl3N6O2/c1-11-14(8-13(9-26-11)27-18(29)30-10-19(20,21)22)17-25-6-4-15(28-17)12-3-5-24-16(7-12)23-2/h3-9H,10H2,1-2H3,(H,23,24)(H,27,29). The van der Waals surface area contributed by atoms with Crippen LogP contribution in [0.4, 0.5) is 16.3 Å². The van der Waals surface area contributed by atoms with Gasteiger partial charge in [0.1, 0.15) is 12.4 Å². The maximum Gasteiger partial charge on any atom is 0.411 e. The van der Waals surface area contributed by atoms with E-state index < -0.39 is 9.89 Å². The number of anilines is 2. The zero-order valence-electron chi connectivity index (χ0n) is 16.0. The van der Waals surface area contributed by atoms with Gasteiger partial charge < -0.3 is 10.1 Å². The number of carbonyl (C=O) groups is 1. The SMILES string of the molecule is CNc1cc(-c2ccnc(-c3cc(NC(=O)OCC(Cl)(Cl)Cl)cnc3C)n2)ccn1. The van der Waals surface area contributed by atoms with Crippen LogP contribution in [0.3, 0.4) is 0 Å². The monoisotopic (exact) mass is 466 g/mol. The van der Waals surface area contributed by atoms with Gasteiger partial charge in [0.05, 0.1) is 17.6 Å². The Kier molecular flexibility index (Phi) is 6.91. The molecule has 0 aliphatic heterocycles. The minimum atomic E-state index is -1.69. The molecule has 8 nitrogen and oxygen atoms in total. The van der Waals surface area contributed by atoms with Crippen LogP contribution in [0.15, 0.2) is 42.9 Å². The first kappa shape index (κ1) is 22.0. The molecule has 3 heterocycles. The minimum Gasteiger partial charge on any atom is -0.445 e. The molecule has 0 aromatic carbocycles. The van der Waals surface area contributed by atoms with E-state index in [0.29, 0.717) is 22.8 Å². The number of hydrogen-bond acceptors (Lipinski definition) is 7. The van der Waals surface area contributed by atoms with E-state index in [4.69, 9.17) is 39.5 Å². The van der Waals surface area contributed by atoms with E-state index in [9.17, 15) is 4.79 Å². The summed E-state index contributed by atoms with van der Waals surface area (Å²) in [4.78, 5) is 29.4. The molecular weight excluding hydrogens is 451 g/mol. The zero-order valence-corrected chi connectivity index (χ0v) is 18.3. The summed E-state index contributed by atoms with van der Waals surface area (Å²) < 4.78 is 3.18. The highest BCUT2D eigenvalue weighted by Crippen LogP contribution is 2.27. The van der Waals surface area contributed by atoms with Crippen LogP contribution in [0, 0.1) is 6.92 Å². The fourth-order valence-corrected chi connectivity index (χ4v) is 2.67. The van der Waals surface area contributed by atoms with Crippen molar-refractivity contribution in [2.45, 2.75) is 10.7 Å². The van der Waals surface area contributed by atoms with E-state index in [1.807, 2.05) is 19.1 Å². The number of ether oxygens (including phenoxy) is 1. The van der Waals surface area contributed by atoms with Gasteiger partial charge >= 0.3 is 6.09 Å². The lowest BCUT2D eigenvalue weighted by atomic mass is 10.1. The summed E-state index contributed by atoms with van der Waals surface area (Å²) in [6.07, 6.45) is 4.07. The van der Waals surface area contributed by atoms with Gasteiger partial charge in [-0.2, -0.15) is 0 Å². The molecule has 30 heavy (non-hydrogen) atoms. The van der Waals surface area contributed by atoms with Gasteiger partial charge in [-0.1, -0.05) is 34.8 Å². The number of nitrogens with one attached hydrogen (secondary N) is 2. The summed E-state index contributed by atoms with van der Waals surface area (Å²) in [5, 5.41) is 5.54. The summed E-state index contributed by atoms with van der Waals surface area (Å²) in [7, 11) is 1.80. The quantitative estimate of drug-likeness (QED) is 0.516. The molecule has 3 aromatic heterocycles. The van der Waals surface area contributed by atoms with Gasteiger partial charge in [-0.25, -0.2) is 19.7 Å².